The van der Waals surface area contributed by atoms with Gasteiger partial charge in [-0.05, 0) is 31.2 Å². The van der Waals surface area contributed by atoms with Crippen molar-refractivity contribution in [3.8, 4) is 11.5 Å². The van der Waals surface area contributed by atoms with Crippen molar-refractivity contribution < 1.29 is 4.74 Å². The molecule has 1 heterocycles. The first-order valence-corrected chi connectivity index (χ1v) is 5.39. The highest BCUT2D eigenvalue weighted by Gasteiger charge is 1.98. The molecule has 0 saturated heterocycles. The number of halogens is 1. The van der Waals surface area contributed by atoms with E-state index in [0.29, 0.717) is 0 Å². The van der Waals surface area contributed by atoms with Gasteiger partial charge < -0.3 is 4.74 Å². The number of rotatable bonds is 2. The highest BCUT2D eigenvalue weighted by atomic mass is 79.9. The Bertz CT molecular complexity index is 427. The molecule has 0 saturated carbocycles. The van der Waals surface area contributed by atoms with Crippen LogP contribution in [-0.2, 0) is 0 Å². The lowest BCUT2D eigenvalue weighted by molar-refractivity contribution is 0.481. The van der Waals surface area contributed by atoms with E-state index in [1.54, 1.807) is 6.20 Å². The van der Waals surface area contributed by atoms with Gasteiger partial charge in [-0.25, -0.2) is 0 Å². The van der Waals surface area contributed by atoms with Crippen LogP contribution < -0.4 is 4.74 Å². The van der Waals surface area contributed by atoms with Gasteiger partial charge in [-0.2, -0.15) is 0 Å². The lowest BCUT2D eigenvalue weighted by atomic mass is 10.3. The molecule has 0 aliphatic carbocycles. The first-order valence-electron chi connectivity index (χ1n) is 4.60. The van der Waals surface area contributed by atoms with Crippen LogP contribution in [0.15, 0.2) is 47.1 Å². The van der Waals surface area contributed by atoms with Crippen molar-refractivity contribution in [3.63, 3.8) is 0 Å². The molecule has 0 radical (unpaired) electrons. The maximum Gasteiger partial charge on any atom is 0.130 e. The molecular formula is C12H10BrNO. The fourth-order valence-corrected chi connectivity index (χ4v) is 1.63. The fraction of sp³-hybridized carbons (Fsp3) is 0.0833. The van der Waals surface area contributed by atoms with Crippen LogP contribution in [0.1, 0.15) is 5.69 Å². The number of benzene rings is 1. The maximum atomic E-state index is 5.67. The Morgan fingerprint density at radius 1 is 1.13 bits per heavy atom. The fourth-order valence-electron chi connectivity index (χ4n) is 1.25. The topological polar surface area (TPSA) is 22.1 Å². The second-order valence-electron chi connectivity index (χ2n) is 3.19. The van der Waals surface area contributed by atoms with Crippen molar-refractivity contribution in [2.75, 3.05) is 0 Å². The van der Waals surface area contributed by atoms with Crippen molar-refractivity contribution in [2.45, 2.75) is 6.92 Å². The molecule has 2 aromatic rings. The third-order valence-corrected chi connectivity index (χ3v) is 2.39. The lowest BCUT2D eigenvalue weighted by Gasteiger charge is -2.05. The summed E-state index contributed by atoms with van der Waals surface area (Å²) in [5.41, 5.74) is 0.947. The summed E-state index contributed by atoms with van der Waals surface area (Å²) in [4.78, 5) is 4.11. The average molecular weight is 264 g/mol. The van der Waals surface area contributed by atoms with Crippen LogP contribution in [0, 0.1) is 6.92 Å². The van der Waals surface area contributed by atoms with Gasteiger partial charge in [0.15, 0.2) is 0 Å². The Morgan fingerprint density at radius 2 is 1.93 bits per heavy atom. The second kappa shape index (κ2) is 4.45. The van der Waals surface area contributed by atoms with E-state index in [9.17, 15) is 0 Å². The van der Waals surface area contributed by atoms with Crippen molar-refractivity contribution in [1.82, 2.24) is 4.98 Å². The van der Waals surface area contributed by atoms with Gasteiger partial charge in [0.05, 0.1) is 0 Å². The van der Waals surface area contributed by atoms with E-state index >= 15 is 0 Å². The molecule has 0 bridgehead atoms. The molecule has 0 amide bonds. The SMILES string of the molecule is Cc1cc(Oc2cccc(Br)c2)ccn1. The third kappa shape index (κ3) is 2.80. The van der Waals surface area contributed by atoms with Gasteiger partial charge in [0.25, 0.3) is 0 Å². The van der Waals surface area contributed by atoms with Gasteiger partial charge in [-0.3, -0.25) is 4.98 Å². The smallest absolute Gasteiger partial charge is 0.130 e. The molecule has 1 aromatic heterocycles. The molecule has 15 heavy (non-hydrogen) atoms. The van der Waals surface area contributed by atoms with Gasteiger partial charge in [-0.15, -0.1) is 0 Å². The van der Waals surface area contributed by atoms with E-state index in [4.69, 9.17) is 4.74 Å². The van der Waals surface area contributed by atoms with Crippen LogP contribution in [0.4, 0.5) is 0 Å². The number of hydrogen-bond acceptors (Lipinski definition) is 2. The summed E-state index contributed by atoms with van der Waals surface area (Å²) in [6.07, 6.45) is 1.74. The van der Waals surface area contributed by atoms with Crippen molar-refractivity contribution >= 4 is 15.9 Å². The van der Waals surface area contributed by atoms with Crippen molar-refractivity contribution in [3.05, 3.63) is 52.8 Å². The standard InChI is InChI=1S/C12H10BrNO/c1-9-7-12(5-6-14-9)15-11-4-2-3-10(13)8-11/h2-8H,1H3. The Morgan fingerprint density at radius 3 is 2.67 bits per heavy atom. The summed E-state index contributed by atoms with van der Waals surface area (Å²) in [6, 6.07) is 11.5. The zero-order valence-corrected chi connectivity index (χ0v) is 9.86. The summed E-state index contributed by atoms with van der Waals surface area (Å²) in [6.45, 7) is 1.94. The van der Waals surface area contributed by atoms with Crippen LogP contribution in [0.3, 0.4) is 0 Å². The number of nitrogens with zero attached hydrogens (tertiary/aromatic N) is 1. The first-order chi connectivity index (χ1) is 7.24. The number of hydrogen-bond donors (Lipinski definition) is 0. The Balaban J connectivity index is 2.22. The minimum Gasteiger partial charge on any atom is -0.457 e. The monoisotopic (exact) mass is 263 g/mol. The van der Waals surface area contributed by atoms with Gasteiger partial charge in [-0.1, -0.05) is 22.0 Å². The third-order valence-electron chi connectivity index (χ3n) is 1.90. The summed E-state index contributed by atoms with van der Waals surface area (Å²) >= 11 is 3.40. The summed E-state index contributed by atoms with van der Waals surface area (Å²) < 4.78 is 6.68. The molecule has 1 aromatic carbocycles. The van der Waals surface area contributed by atoms with Gasteiger partial charge in [0, 0.05) is 22.4 Å². The van der Waals surface area contributed by atoms with Crippen LogP contribution in [-0.4, -0.2) is 4.98 Å². The highest BCUT2D eigenvalue weighted by Crippen LogP contribution is 2.24. The molecule has 0 atom stereocenters. The van der Waals surface area contributed by atoms with Crippen LogP contribution >= 0.6 is 15.9 Å². The maximum absolute atomic E-state index is 5.67. The first kappa shape index (κ1) is 10.2. The van der Waals surface area contributed by atoms with Crippen LogP contribution in [0.2, 0.25) is 0 Å². The molecule has 0 spiro atoms. The minimum absolute atomic E-state index is 0.806. The van der Waals surface area contributed by atoms with Gasteiger partial charge in [0.1, 0.15) is 11.5 Å². The molecule has 0 N–H and O–H groups in total. The van der Waals surface area contributed by atoms with Gasteiger partial charge in [0.2, 0.25) is 0 Å². The van der Waals surface area contributed by atoms with E-state index in [-0.39, 0.29) is 0 Å². The normalized spacial score (nSPS) is 10.0. The molecule has 0 fully saturated rings. The van der Waals surface area contributed by atoms with Crippen molar-refractivity contribution in [1.29, 1.82) is 0 Å². The number of aromatic nitrogens is 1. The Kier molecular flexibility index (Phi) is 3.02. The minimum atomic E-state index is 0.806. The molecule has 0 aliphatic heterocycles. The van der Waals surface area contributed by atoms with E-state index in [1.165, 1.54) is 0 Å². The van der Waals surface area contributed by atoms with Crippen LogP contribution in [0.25, 0.3) is 0 Å². The summed E-state index contributed by atoms with van der Waals surface area (Å²) in [5.74, 6) is 1.62. The molecule has 0 aliphatic rings. The molecule has 3 heteroatoms. The Labute approximate surface area is 97.1 Å². The summed E-state index contributed by atoms with van der Waals surface area (Å²) in [7, 11) is 0. The molecular weight excluding hydrogens is 254 g/mol. The van der Waals surface area contributed by atoms with Crippen molar-refractivity contribution in [2.24, 2.45) is 0 Å². The zero-order valence-electron chi connectivity index (χ0n) is 8.27. The molecule has 76 valence electrons. The number of ether oxygens (including phenoxy) is 1. The predicted molar refractivity (Wildman–Crippen MR) is 63.2 cm³/mol. The molecule has 0 unspecified atom stereocenters. The zero-order chi connectivity index (χ0) is 10.7. The van der Waals surface area contributed by atoms with E-state index < -0.39 is 0 Å². The average Bonchev–Trinajstić information content (AvgIpc) is 2.17. The van der Waals surface area contributed by atoms with E-state index in [1.807, 2.05) is 43.3 Å². The quantitative estimate of drug-likeness (QED) is 0.819. The number of pyridine rings is 1. The molecule has 2 nitrogen and oxygen atoms in total. The lowest BCUT2D eigenvalue weighted by Crippen LogP contribution is -1.86. The predicted octanol–water partition coefficient (Wildman–Crippen LogP) is 3.94. The second-order valence-corrected chi connectivity index (χ2v) is 4.11. The summed E-state index contributed by atoms with van der Waals surface area (Å²) in [5, 5.41) is 0. The van der Waals surface area contributed by atoms with E-state index in [0.717, 1.165) is 21.7 Å². The van der Waals surface area contributed by atoms with E-state index in [2.05, 4.69) is 20.9 Å². The molecule has 2 rings (SSSR count). The van der Waals surface area contributed by atoms with Crippen LogP contribution in [0.5, 0.6) is 11.5 Å². The highest BCUT2D eigenvalue weighted by molar-refractivity contribution is 9.10. The van der Waals surface area contributed by atoms with Gasteiger partial charge >= 0.3 is 0 Å². The Hall–Kier alpha value is -1.35. The largest absolute Gasteiger partial charge is 0.457 e. The number of aryl methyl sites for hydroxylation is 1.